The fraction of sp³-hybridized carbons (Fsp3) is 0.231. The normalized spacial score (nSPS) is 11.1. The number of amides is 1. The highest BCUT2D eigenvalue weighted by atomic mass is 35.5. The summed E-state index contributed by atoms with van der Waals surface area (Å²) in [5.74, 6) is 0.437. The maximum Gasteiger partial charge on any atom is 0.269 e. The fourth-order valence-electron chi connectivity index (χ4n) is 1.39. The fourth-order valence-corrected chi connectivity index (χ4v) is 1.57. The minimum Gasteiger partial charge on any atom is -0.476 e. The molecule has 1 amide bonds. The predicted octanol–water partition coefficient (Wildman–Crippen LogP) is 3.12. The Hall–Kier alpha value is -2.01. The van der Waals surface area contributed by atoms with Crippen LogP contribution >= 0.6 is 11.6 Å². The van der Waals surface area contributed by atoms with Crippen molar-refractivity contribution in [3.05, 3.63) is 41.6 Å². The molecular formula is C13H13ClN2O3. The van der Waals surface area contributed by atoms with Crippen LogP contribution < -0.4 is 10.1 Å². The maximum atomic E-state index is 12.1. The van der Waals surface area contributed by atoms with Crippen LogP contribution in [0.15, 0.2) is 41.1 Å². The maximum absolute atomic E-state index is 12.1. The third-order valence-corrected chi connectivity index (χ3v) is 2.74. The van der Waals surface area contributed by atoms with E-state index < -0.39 is 5.60 Å². The van der Waals surface area contributed by atoms with Gasteiger partial charge in [-0.3, -0.25) is 4.79 Å². The van der Waals surface area contributed by atoms with Gasteiger partial charge in [-0.25, -0.2) is 0 Å². The zero-order chi connectivity index (χ0) is 13.9. The summed E-state index contributed by atoms with van der Waals surface area (Å²) in [6.07, 6.45) is 1.37. The van der Waals surface area contributed by atoms with Crippen molar-refractivity contribution in [3.8, 4) is 5.75 Å². The standard InChI is InChI=1S/C13H13ClN2O3/c1-13(2,12(17)15-11-7-8-18-16-11)19-10-6-4-3-5-9(10)14/h3-8H,1-2H3,(H,15,16,17). The molecule has 0 unspecified atom stereocenters. The zero-order valence-electron chi connectivity index (χ0n) is 10.5. The molecule has 0 aliphatic carbocycles. The SMILES string of the molecule is CC(C)(Oc1ccccc1Cl)C(=O)Nc1ccon1. The lowest BCUT2D eigenvalue weighted by atomic mass is 10.1. The van der Waals surface area contributed by atoms with E-state index in [0.717, 1.165) is 0 Å². The third kappa shape index (κ3) is 3.26. The largest absolute Gasteiger partial charge is 0.476 e. The topological polar surface area (TPSA) is 64.4 Å². The highest BCUT2D eigenvalue weighted by Crippen LogP contribution is 2.27. The van der Waals surface area contributed by atoms with Gasteiger partial charge >= 0.3 is 0 Å². The first-order valence-corrected chi connectivity index (χ1v) is 6.02. The highest BCUT2D eigenvalue weighted by molar-refractivity contribution is 6.32. The Kier molecular flexibility index (Phi) is 3.76. The number of aromatic nitrogens is 1. The second-order valence-electron chi connectivity index (χ2n) is 4.38. The average Bonchev–Trinajstić information content (AvgIpc) is 2.84. The van der Waals surface area contributed by atoms with Crippen LogP contribution in [0.2, 0.25) is 5.02 Å². The van der Waals surface area contributed by atoms with Gasteiger partial charge in [0.15, 0.2) is 11.4 Å². The molecule has 0 spiro atoms. The molecule has 1 N–H and O–H groups in total. The van der Waals surface area contributed by atoms with E-state index in [1.165, 1.54) is 6.26 Å². The van der Waals surface area contributed by atoms with E-state index in [2.05, 4.69) is 15.0 Å². The van der Waals surface area contributed by atoms with Crippen LogP contribution in [0.4, 0.5) is 5.82 Å². The van der Waals surface area contributed by atoms with Crippen molar-refractivity contribution < 1.29 is 14.1 Å². The van der Waals surface area contributed by atoms with Gasteiger partial charge in [0.25, 0.3) is 5.91 Å². The molecule has 1 aromatic heterocycles. The van der Waals surface area contributed by atoms with Crippen LogP contribution in [0, 0.1) is 0 Å². The summed E-state index contributed by atoms with van der Waals surface area (Å²) in [4.78, 5) is 12.1. The first-order valence-electron chi connectivity index (χ1n) is 5.64. The van der Waals surface area contributed by atoms with E-state index in [1.54, 1.807) is 44.2 Å². The second-order valence-corrected chi connectivity index (χ2v) is 4.79. The Morgan fingerprint density at radius 2 is 2.11 bits per heavy atom. The quantitative estimate of drug-likeness (QED) is 0.934. The molecule has 0 atom stereocenters. The summed E-state index contributed by atoms with van der Waals surface area (Å²) < 4.78 is 10.3. The number of para-hydroxylation sites is 1. The van der Waals surface area contributed by atoms with E-state index in [0.29, 0.717) is 16.6 Å². The Morgan fingerprint density at radius 3 is 2.74 bits per heavy atom. The monoisotopic (exact) mass is 280 g/mol. The number of rotatable bonds is 4. The van der Waals surface area contributed by atoms with Crippen LogP contribution in [0.3, 0.4) is 0 Å². The van der Waals surface area contributed by atoms with Gasteiger partial charge in [0, 0.05) is 6.07 Å². The molecule has 100 valence electrons. The molecule has 2 aromatic rings. The van der Waals surface area contributed by atoms with Gasteiger partial charge in [-0.2, -0.15) is 0 Å². The second kappa shape index (κ2) is 5.32. The lowest BCUT2D eigenvalue weighted by Crippen LogP contribution is -2.42. The summed E-state index contributed by atoms with van der Waals surface area (Å²) in [6.45, 7) is 3.29. The van der Waals surface area contributed by atoms with Crippen LogP contribution in [0.1, 0.15) is 13.8 Å². The number of hydrogen-bond acceptors (Lipinski definition) is 4. The number of halogens is 1. The molecular weight excluding hydrogens is 268 g/mol. The summed E-state index contributed by atoms with van der Waals surface area (Å²) in [6, 6.07) is 8.52. The minimum absolute atomic E-state index is 0.334. The highest BCUT2D eigenvalue weighted by Gasteiger charge is 2.31. The van der Waals surface area contributed by atoms with Gasteiger partial charge in [0.1, 0.15) is 12.0 Å². The van der Waals surface area contributed by atoms with Gasteiger partial charge < -0.3 is 14.6 Å². The number of ether oxygens (including phenoxy) is 1. The molecule has 2 rings (SSSR count). The van der Waals surface area contributed by atoms with Crippen molar-refractivity contribution in [2.75, 3.05) is 5.32 Å². The molecule has 0 aliphatic heterocycles. The summed E-state index contributed by atoms with van der Waals surface area (Å²) in [5.41, 5.74) is -1.09. The molecule has 6 heteroatoms. The molecule has 0 fully saturated rings. The molecule has 0 aliphatic rings. The number of nitrogens with zero attached hydrogens (tertiary/aromatic N) is 1. The lowest BCUT2D eigenvalue weighted by molar-refractivity contribution is -0.128. The Morgan fingerprint density at radius 1 is 1.37 bits per heavy atom. The number of carbonyl (C=O) groups is 1. The van der Waals surface area contributed by atoms with Gasteiger partial charge in [0.2, 0.25) is 0 Å². The van der Waals surface area contributed by atoms with Crippen LogP contribution in [0.25, 0.3) is 0 Å². The van der Waals surface area contributed by atoms with Crippen molar-refractivity contribution in [2.45, 2.75) is 19.4 Å². The Labute approximate surface area is 115 Å². The van der Waals surface area contributed by atoms with Crippen molar-refractivity contribution >= 4 is 23.3 Å². The lowest BCUT2D eigenvalue weighted by Gasteiger charge is -2.25. The molecule has 0 saturated carbocycles. The Balaban J connectivity index is 2.09. The number of carbonyl (C=O) groups excluding carboxylic acids is 1. The molecule has 1 aromatic carbocycles. The van der Waals surface area contributed by atoms with E-state index in [4.69, 9.17) is 16.3 Å². The summed E-state index contributed by atoms with van der Waals surface area (Å²) in [5, 5.41) is 6.64. The van der Waals surface area contributed by atoms with Crippen LogP contribution in [0.5, 0.6) is 5.75 Å². The molecule has 0 radical (unpaired) electrons. The first-order chi connectivity index (χ1) is 8.99. The molecule has 0 saturated heterocycles. The third-order valence-electron chi connectivity index (χ3n) is 2.43. The number of benzene rings is 1. The van der Waals surface area contributed by atoms with Crippen LogP contribution in [-0.4, -0.2) is 16.7 Å². The van der Waals surface area contributed by atoms with Gasteiger partial charge in [-0.15, -0.1) is 0 Å². The van der Waals surface area contributed by atoms with E-state index in [9.17, 15) is 4.79 Å². The summed E-state index contributed by atoms with van der Waals surface area (Å²) in [7, 11) is 0. The molecule has 5 nitrogen and oxygen atoms in total. The van der Waals surface area contributed by atoms with Gasteiger partial charge in [-0.1, -0.05) is 28.9 Å². The predicted molar refractivity (Wildman–Crippen MR) is 71.3 cm³/mol. The Bertz CT molecular complexity index is 567. The van der Waals surface area contributed by atoms with E-state index in [-0.39, 0.29) is 5.91 Å². The van der Waals surface area contributed by atoms with E-state index >= 15 is 0 Å². The van der Waals surface area contributed by atoms with Crippen LogP contribution in [-0.2, 0) is 4.79 Å². The number of nitrogens with one attached hydrogen (secondary N) is 1. The minimum atomic E-state index is -1.09. The van der Waals surface area contributed by atoms with E-state index in [1.807, 2.05) is 0 Å². The first kappa shape index (κ1) is 13.4. The van der Waals surface area contributed by atoms with Crippen molar-refractivity contribution in [2.24, 2.45) is 0 Å². The summed E-state index contributed by atoms with van der Waals surface area (Å²) >= 11 is 5.99. The number of hydrogen-bond donors (Lipinski definition) is 1. The number of anilines is 1. The average molecular weight is 281 g/mol. The van der Waals surface area contributed by atoms with Gasteiger partial charge in [-0.05, 0) is 26.0 Å². The molecule has 19 heavy (non-hydrogen) atoms. The molecule has 0 bridgehead atoms. The van der Waals surface area contributed by atoms with Crippen molar-refractivity contribution in [3.63, 3.8) is 0 Å². The van der Waals surface area contributed by atoms with Crippen molar-refractivity contribution in [1.82, 2.24) is 5.16 Å². The zero-order valence-corrected chi connectivity index (χ0v) is 11.3. The smallest absolute Gasteiger partial charge is 0.269 e. The van der Waals surface area contributed by atoms with Gasteiger partial charge in [0.05, 0.1) is 5.02 Å². The molecule has 1 heterocycles. The van der Waals surface area contributed by atoms with Crippen molar-refractivity contribution in [1.29, 1.82) is 0 Å².